The number of thioether (sulfide) groups is 1. The number of aliphatic hydroxyl groups is 1. The van der Waals surface area contributed by atoms with Crippen molar-refractivity contribution < 1.29 is 19.0 Å². The van der Waals surface area contributed by atoms with E-state index in [-0.39, 0.29) is 28.7 Å². The minimum absolute atomic E-state index is 0.0863. The molecule has 0 saturated heterocycles. The largest absolute Gasteiger partial charge is 0.393 e. The van der Waals surface area contributed by atoms with Gasteiger partial charge in [-0.05, 0) is 117 Å². The molecule has 2 aromatic heterocycles. The molecule has 0 aliphatic heterocycles. The summed E-state index contributed by atoms with van der Waals surface area (Å²) >= 11 is 1.38. The van der Waals surface area contributed by atoms with Crippen LogP contribution in [-0.2, 0) is 16.0 Å². The molecule has 44 heavy (non-hydrogen) atoms. The van der Waals surface area contributed by atoms with Gasteiger partial charge in [0.2, 0.25) is 0 Å². The fraction of sp³-hybridized carbons (Fsp3) is 0.543. The van der Waals surface area contributed by atoms with E-state index in [0.717, 1.165) is 54.7 Å². The van der Waals surface area contributed by atoms with Crippen LogP contribution in [0.2, 0.25) is 0 Å². The van der Waals surface area contributed by atoms with E-state index < -0.39 is 17.1 Å². The number of methoxy groups -OCH3 is 1. The SMILES string of the molecule is CCC12CC(O)C3C(CCC4=Cc5c(cnn5-c5ccc(F)cc5)CC43C)C1CCC2(OC)C(=O)CSc1nccc(C)n1. The molecule has 0 spiro atoms. The molecule has 7 unspecified atom stereocenters. The standard InChI is InChI=1S/C35H41FN4O3S/c1-5-34-18-29(41)31-26(27(34)12-14-35(34,43-4)30(42)20-44-32-37-15-13-21(2)39-32)11-6-23-16-28-22(17-33(23,31)3)19-38-40(28)25-9-7-24(36)8-10-25/h7-10,13,15-16,19,26-27,29,31,41H,5-6,11-12,14,17-18,20H2,1-4H3. The summed E-state index contributed by atoms with van der Waals surface area (Å²) in [5, 5.41) is 17.5. The lowest BCUT2D eigenvalue weighted by Crippen LogP contribution is -2.63. The van der Waals surface area contributed by atoms with Crippen molar-refractivity contribution in [1.29, 1.82) is 0 Å². The highest BCUT2D eigenvalue weighted by Crippen LogP contribution is 2.69. The highest BCUT2D eigenvalue weighted by Gasteiger charge is 2.70. The van der Waals surface area contributed by atoms with Crippen LogP contribution in [0.4, 0.5) is 4.39 Å². The van der Waals surface area contributed by atoms with Gasteiger partial charge in [0.05, 0.1) is 29.4 Å². The zero-order valence-corrected chi connectivity index (χ0v) is 26.7. The summed E-state index contributed by atoms with van der Waals surface area (Å²) in [6.07, 6.45) is 11.1. The number of halogens is 1. The predicted octanol–water partition coefficient (Wildman–Crippen LogP) is 6.40. The van der Waals surface area contributed by atoms with Crippen molar-refractivity contribution in [2.45, 2.75) is 82.6 Å². The molecule has 0 amide bonds. The highest BCUT2D eigenvalue weighted by atomic mass is 32.2. The normalized spacial score (nSPS) is 34.0. The Balaban J connectivity index is 1.19. The number of nitrogens with zero attached hydrogens (tertiary/aromatic N) is 4. The summed E-state index contributed by atoms with van der Waals surface area (Å²) in [4.78, 5) is 23.0. The summed E-state index contributed by atoms with van der Waals surface area (Å²) < 4.78 is 21.9. The van der Waals surface area contributed by atoms with Gasteiger partial charge < -0.3 is 9.84 Å². The number of rotatable bonds is 7. The van der Waals surface area contributed by atoms with E-state index in [4.69, 9.17) is 9.84 Å². The molecule has 9 heteroatoms. The second kappa shape index (κ2) is 10.9. The monoisotopic (exact) mass is 616 g/mol. The molecule has 7 atom stereocenters. The van der Waals surface area contributed by atoms with Crippen LogP contribution < -0.4 is 0 Å². The van der Waals surface area contributed by atoms with Crippen molar-refractivity contribution in [3.05, 3.63) is 71.1 Å². The number of hydrogen-bond donors (Lipinski definition) is 1. The lowest BCUT2D eigenvalue weighted by atomic mass is 9.44. The molecule has 2 heterocycles. The molecule has 3 fully saturated rings. The molecule has 3 saturated carbocycles. The molecule has 0 radical (unpaired) electrons. The van der Waals surface area contributed by atoms with Gasteiger partial charge in [0.1, 0.15) is 11.4 Å². The van der Waals surface area contributed by atoms with E-state index in [1.165, 1.54) is 29.5 Å². The van der Waals surface area contributed by atoms with Crippen LogP contribution in [-0.4, -0.2) is 55.2 Å². The van der Waals surface area contributed by atoms with E-state index >= 15 is 0 Å². The Morgan fingerprint density at radius 2 is 2.02 bits per heavy atom. The fourth-order valence-electron chi connectivity index (χ4n) is 10.0. The van der Waals surface area contributed by atoms with Crippen molar-refractivity contribution in [3.63, 3.8) is 0 Å². The maximum atomic E-state index is 14.2. The average molecular weight is 617 g/mol. The van der Waals surface area contributed by atoms with Crippen molar-refractivity contribution in [3.8, 4) is 5.69 Å². The number of allylic oxidation sites excluding steroid dienone is 1. The Morgan fingerprint density at radius 1 is 1.23 bits per heavy atom. The van der Waals surface area contributed by atoms with Gasteiger partial charge in [-0.25, -0.2) is 19.0 Å². The van der Waals surface area contributed by atoms with Crippen LogP contribution >= 0.6 is 11.8 Å². The summed E-state index contributed by atoms with van der Waals surface area (Å²) in [6.45, 7) is 6.43. The molecule has 3 aromatic rings. The van der Waals surface area contributed by atoms with Gasteiger partial charge in [-0.15, -0.1) is 0 Å². The average Bonchev–Trinajstić information content (AvgIpc) is 3.57. The first kappa shape index (κ1) is 29.8. The van der Waals surface area contributed by atoms with Gasteiger partial charge in [0, 0.05) is 24.4 Å². The van der Waals surface area contributed by atoms with Crippen LogP contribution in [0.15, 0.2) is 53.5 Å². The molecule has 4 aliphatic carbocycles. The minimum atomic E-state index is -0.928. The van der Waals surface area contributed by atoms with Crippen LogP contribution in [0.1, 0.15) is 69.3 Å². The van der Waals surface area contributed by atoms with Crippen molar-refractivity contribution in [2.24, 2.45) is 28.6 Å². The Morgan fingerprint density at radius 3 is 2.75 bits per heavy atom. The first-order valence-corrected chi connectivity index (χ1v) is 16.9. The number of fused-ring (bicyclic) bond motifs is 6. The Labute approximate surface area is 262 Å². The predicted molar refractivity (Wildman–Crippen MR) is 168 cm³/mol. The number of ketones is 1. The number of carbonyl (C=O) groups excluding carboxylic acids is 1. The zero-order chi connectivity index (χ0) is 30.9. The molecule has 1 aromatic carbocycles. The summed E-state index contributed by atoms with van der Waals surface area (Å²) in [5.41, 5.74) is 3.73. The number of hydrogen-bond acceptors (Lipinski definition) is 7. The number of aromatic nitrogens is 4. The van der Waals surface area contributed by atoms with E-state index in [1.807, 2.05) is 23.9 Å². The third kappa shape index (κ3) is 4.29. The number of aryl methyl sites for hydroxylation is 1. The van der Waals surface area contributed by atoms with Crippen LogP contribution in [0.5, 0.6) is 0 Å². The van der Waals surface area contributed by atoms with E-state index in [2.05, 4.69) is 29.9 Å². The van der Waals surface area contributed by atoms with Crippen molar-refractivity contribution in [2.75, 3.05) is 12.9 Å². The molecular weight excluding hydrogens is 575 g/mol. The number of carbonyl (C=O) groups is 1. The second-order valence-electron chi connectivity index (χ2n) is 13.6. The van der Waals surface area contributed by atoms with Crippen LogP contribution in [0.3, 0.4) is 0 Å². The fourth-order valence-corrected chi connectivity index (χ4v) is 10.9. The molecule has 4 aliphatic rings. The highest BCUT2D eigenvalue weighted by molar-refractivity contribution is 7.99. The van der Waals surface area contributed by atoms with Gasteiger partial charge in [0.15, 0.2) is 10.9 Å². The molecule has 0 bridgehead atoms. The van der Waals surface area contributed by atoms with Gasteiger partial charge in [-0.3, -0.25) is 4.79 Å². The maximum absolute atomic E-state index is 14.2. The molecule has 232 valence electrons. The Bertz CT molecular complexity index is 1620. The van der Waals surface area contributed by atoms with E-state index in [9.17, 15) is 14.3 Å². The van der Waals surface area contributed by atoms with Gasteiger partial charge in [-0.2, -0.15) is 5.10 Å². The van der Waals surface area contributed by atoms with Gasteiger partial charge in [-0.1, -0.05) is 31.2 Å². The molecular formula is C35H41FN4O3S. The Hall–Kier alpha value is -2.88. The van der Waals surface area contributed by atoms with Crippen LogP contribution in [0, 0.1) is 41.3 Å². The second-order valence-corrected chi connectivity index (χ2v) is 14.5. The van der Waals surface area contributed by atoms with Gasteiger partial charge >= 0.3 is 0 Å². The van der Waals surface area contributed by atoms with Crippen molar-refractivity contribution in [1.82, 2.24) is 19.7 Å². The van der Waals surface area contributed by atoms with Crippen LogP contribution in [0.25, 0.3) is 11.8 Å². The number of aliphatic hydroxyl groups excluding tert-OH is 1. The molecule has 1 N–H and O–H groups in total. The first-order chi connectivity index (χ1) is 21.2. The zero-order valence-electron chi connectivity index (χ0n) is 25.9. The maximum Gasteiger partial charge on any atom is 0.188 e. The van der Waals surface area contributed by atoms with E-state index in [0.29, 0.717) is 29.8 Å². The summed E-state index contributed by atoms with van der Waals surface area (Å²) in [7, 11) is 1.69. The summed E-state index contributed by atoms with van der Waals surface area (Å²) in [5.74, 6) is 0.759. The number of benzene rings is 1. The minimum Gasteiger partial charge on any atom is -0.393 e. The summed E-state index contributed by atoms with van der Waals surface area (Å²) in [6, 6.07) is 8.31. The van der Waals surface area contributed by atoms with E-state index in [1.54, 1.807) is 25.4 Å². The third-order valence-corrected chi connectivity index (χ3v) is 12.7. The van der Waals surface area contributed by atoms with Gasteiger partial charge in [0.25, 0.3) is 0 Å². The number of ether oxygens (including phenoxy) is 1. The molecule has 7 nitrogen and oxygen atoms in total. The number of Topliss-reactive ketones (excluding diaryl/α,β-unsaturated/α-hetero) is 1. The smallest absolute Gasteiger partial charge is 0.188 e. The third-order valence-electron chi connectivity index (χ3n) is 11.9. The molecule has 7 rings (SSSR count). The lowest BCUT2D eigenvalue weighted by Gasteiger charge is -2.61. The van der Waals surface area contributed by atoms with Crippen molar-refractivity contribution >= 4 is 23.6 Å². The Kier molecular flexibility index (Phi) is 7.37. The lowest BCUT2D eigenvalue weighted by molar-refractivity contribution is -0.191. The topological polar surface area (TPSA) is 90.1 Å². The first-order valence-electron chi connectivity index (χ1n) is 15.9. The quantitative estimate of drug-likeness (QED) is 0.243.